The van der Waals surface area contributed by atoms with Gasteiger partial charge in [0, 0.05) is 37.2 Å². The number of nitrogens with zero attached hydrogens (tertiary/aromatic N) is 1. The highest BCUT2D eigenvalue weighted by atomic mass is 16.5. The zero-order chi connectivity index (χ0) is 17.1. The van der Waals surface area contributed by atoms with Crippen molar-refractivity contribution in [2.45, 2.75) is 44.9 Å². The summed E-state index contributed by atoms with van der Waals surface area (Å²) >= 11 is 0. The van der Waals surface area contributed by atoms with Gasteiger partial charge in [0.1, 0.15) is 17.6 Å². The van der Waals surface area contributed by atoms with Gasteiger partial charge in [0.25, 0.3) is 0 Å². The van der Waals surface area contributed by atoms with Crippen molar-refractivity contribution in [2.24, 2.45) is 5.73 Å². The van der Waals surface area contributed by atoms with E-state index in [1.54, 1.807) is 7.11 Å². The summed E-state index contributed by atoms with van der Waals surface area (Å²) in [7, 11) is 1.67. The summed E-state index contributed by atoms with van der Waals surface area (Å²) in [4.78, 5) is 13.5. The first-order chi connectivity index (χ1) is 11.5. The van der Waals surface area contributed by atoms with Gasteiger partial charge in [-0.25, -0.2) is 0 Å². The number of carbonyl (C=O) groups excluding carboxylic acids is 1. The van der Waals surface area contributed by atoms with Gasteiger partial charge in [0.2, 0.25) is 5.91 Å². The Morgan fingerprint density at radius 1 is 1.46 bits per heavy atom. The number of primary amides is 1. The molecule has 6 heteroatoms. The van der Waals surface area contributed by atoms with Gasteiger partial charge in [-0.1, -0.05) is 0 Å². The van der Waals surface area contributed by atoms with Gasteiger partial charge in [0.05, 0.1) is 19.8 Å². The predicted octanol–water partition coefficient (Wildman–Crippen LogP) is 1.48. The van der Waals surface area contributed by atoms with E-state index in [1.807, 2.05) is 17.0 Å². The van der Waals surface area contributed by atoms with Crippen molar-refractivity contribution >= 4 is 5.91 Å². The lowest BCUT2D eigenvalue weighted by Crippen LogP contribution is -2.38. The van der Waals surface area contributed by atoms with Crippen molar-refractivity contribution in [3.8, 4) is 11.5 Å². The Kier molecular flexibility index (Phi) is 5.26. The van der Waals surface area contributed by atoms with Crippen molar-refractivity contribution in [2.75, 3.05) is 26.8 Å². The highest BCUT2D eigenvalue weighted by molar-refractivity contribution is 5.75. The molecule has 2 atom stereocenters. The molecule has 1 aromatic carbocycles. The fourth-order valence-electron chi connectivity index (χ4n) is 3.52. The van der Waals surface area contributed by atoms with Gasteiger partial charge in [-0.2, -0.15) is 0 Å². The number of carbonyl (C=O) groups is 1. The molecule has 2 N–H and O–H groups in total. The third-order valence-electron chi connectivity index (χ3n) is 4.56. The van der Waals surface area contributed by atoms with Crippen LogP contribution in [-0.2, 0) is 22.5 Å². The van der Waals surface area contributed by atoms with Gasteiger partial charge in [-0.3, -0.25) is 9.69 Å². The molecule has 2 aliphatic heterocycles. The van der Waals surface area contributed by atoms with Crippen LogP contribution in [0.5, 0.6) is 11.5 Å². The average Bonchev–Trinajstić information content (AvgIpc) is 3.13. The topological polar surface area (TPSA) is 74.0 Å². The Morgan fingerprint density at radius 2 is 2.29 bits per heavy atom. The smallest absolute Gasteiger partial charge is 0.231 e. The number of amides is 1. The van der Waals surface area contributed by atoms with Crippen LogP contribution in [0, 0.1) is 0 Å². The van der Waals surface area contributed by atoms with E-state index in [2.05, 4.69) is 6.92 Å². The fourth-order valence-corrected chi connectivity index (χ4v) is 3.52. The minimum Gasteiger partial charge on any atom is -0.496 e. The van der Waals surface area contributed by atoms with Gasteiger partial charge < -0.3 is 19.9 Å². The third kappa shape index (κ3) is 3.99. The summed E-state index contributed by atoms with van der Waals surface area (Å²) in [5.74, 6) is 1.40. The van der Waals surface area contributed by atoms with Gasteiger partial charge in [0.15, 0.2) is 0 Å². The maximum absolute atomic E-state index is 11.4. The van der Waals surface area contributed by atoms with Crippen LogP contribution in [0.1, 0.15) is 30.9 Å². The molecule has 1 aromatic rings. The molecule has 0 aliphatic carbocycles. The first-order valence-corrected chi connectivity index (χ1v) is 8.54. The average molecular weight is 334 g/mol. The highest BCUT2D eigenvalue weighted by Crippen LogP contribution is 2.35. The summed E-state index contributed by atoms with van der Waals surface area (Å²) in [5, 5.41) is 0. The van der Waals surface area contributed by atoms with Crippen LogP contribution in [0.4, 0.5) is 0 Å². The van der Waals surface area contributed by atoms with Crippen molar-refractivity contribution in [1.29, 1.82) is 0 Å². The zero-order valence-electron chi connectivity index (χ0n) is 14.4. The Balaban J connectivity index is 1.77. The highest BCUT2D eigenvalue weighted by Gasteiger charge is 2.24. The summed E-state index contributed by atoms with van der Waals surface area (Å²) < 4.78 is 17.1. The number of benzene rings is 1. The molecule has 0 aromatic heterocycles. The summed E-state index contributed by atoms with van der Waals surface area (Å²) in [6.45, 7) is 4.33. The molecular weight excluding hydrogens is 308 g/mol. The van der Waals surface area contributed by atoms with E-state index in [0.29, 0.717) is 13.1 Å². The minimum atomic E-state index is -0.335. The van der Waals surface area contributed by atoms with Crippen LogP contribution in [0.25, 0.3) is 0 Å². The molecule has 6 nitrogen and oxygen atoms in total. The lowest BCUT2D eigenvalue weighted by atomic mass is 10.1. The number of hydrogen-bond acceptors (Lipinski definition) is 5. The zero-order valence-corrected chi connectivity index (χ0v) is 14.4. The van der Waals surface area contributed by atoms with E-state index in [-0.39, 0.29) is 24.7 Å². The number of rotatable bonds is 7. The van der Waals surface area contributed by atoms with Gasteiger partial charge in [-0.15, -0.1) is 0 Å². The SMILES string of the molecule is COc1cc2c(cc1CN(CC(N)=O)C[C@@H]1CCCO1)O[C@@H](C)C2. The molecule has 2 heterocycles. The second kappa shape index (κ2) is 7.40. The standard InChI is InChI=1S/C18H26N2O4/c1-12-6-13-7-16(22-2)14(8-17(13)24-12)9-20(11-18(19)21)10-15-4-3-5-23-15/h7-8,12,15H,3-6,9-11H2,1-2H3,(H2,19,21)/t12-,15-/m0/s1. The van der Waals surface area contributed by atoms with Crippen molar-refractivity contribution in [1.82, 2.24) is 4.90 Å². The van der Waals surface area contributed by atoms with Crippen LogP contribution in [0.2, 0.25) is 0 Å². The van der Waals surface area contributed by atoms with E-state index in [9.17, 15) is 4.79 Å². The third-order valence-corrected chi connectivity index (χ3v) is 4.56. The second-order valence-corrected chi connectivity index (χ2v) is 6.68. The summed E-state index contributed by atoms with van der Waals surface area (Å²) in [5.41, 5.74) is 7.60. The first kappa shape index (κ1) is 17.0. The molecule has 0 radical (unpaired) electrons. The lowest BCUT2D eigenvalue weighted by Gasteiger charge is -2.25. The fraction of sp³-hybridized carbons (Fsp3) is 0.611. The van der Waals surface area contributed by atoms with Crippen LogP contribution in [0.15, 0.2) is 12.1 Å². The monoisotopic (exact) mass is 334 g/mol. The normalized spacial score (nSPS) is 22.5. The van der Waals surface area contributed by atoms with Crippen LogP contribution in [0.3, 0.4) is 0 Å². The van der Waals surface area contributed by atoms with E-state index in [1.165, 1.54) is 5.56 Å². The molecule has 2 aliphatic rings. The van der Waals surface area contributed by atoms with Crippen molar-refractivity contribution in [3.63, 3.8) is 0 Å². The molecule has 24 heavy (non-hydrogen) atoms. The Bertz CT molecular complexity index is 599. The van der Waals surface area contributed by atoms with Crippen LogP contribution >= 0.6 is 0 Å². The quantitative estimate of drug-likeness (QED) is 0.818. The molecule has 3 rings (SSSR count). The van der Waals surface area contributed by atoms with E-state index < -0.39 is 0 Å². The number of methoxy groups -OCH3 is 1. The van der Waals surface area contributed by atoms with Crippen LogP contribution in [-0.4, -0.2) is 49.8 Å². The number of fused-ring (bicyclic) bond motifs is 1. The first-order valence-electron chi connectivity index (χ1n) is 8.54. The molecule has 0 spiro atoms. The number of ether oxygens (including phenoxy) is 3. The predicted molar refractivity (Wildman–Crippen MR) is 90.2 cm³/mol. The molecule has 0 bridgehead atoms. The van der Waals surface area contributed by atoms with Gasteiger partial charge in [-0.05, 0) is 31.9 Å². The molecule has 0 unspecified atom stereocenters. The Hall–Kier alpha value is -1.79. The Morgan fingerprint density at radius 3 is 2.96 bits per heavy atom. The molecule has 132 valence electrons. The summed E-state index contributed by atoms with van der Waals surface area (Å²) in [6.07, 6.45) is 3.35. The molecule has 0 saturated carbocycles. The number of hydrogen-bond donors (Lipinski definition) is 1. The largest absolute Gasteiger partial charge is 0.496 e. The molecule has 1 amide bonds. The maximum Gasteiger partial charge on any atom is 0.231 e. The molecule has 1 fully saturated rings. The van der Waals surface area contributed by atoms with Crippen molar-refractivity contribution in [3.05, 3.63) is 23.3 Å². The molecular formula is C18H26N2O4. The van der Waals surface area contributed by atoms with E-state index in [4.69, 9.17) is 19.9 Å². The second-order valence-electron chi connectivity index (χ2n) is 6.68. The summed E-state index contributed by atoms with van der Waals surface area (Å²) in [6, 6.07) is 4.07. The lowest BCUT2D eigenvalue weighted by molar-refractivity contribution is -0.119. The molecule has 1 saturated heterocycles. The minimum absolute atomic E-state index is 0.168. The van der Waals surface area contributed by atoms with Crippen molar-refractivity contribution < 1.29 is 19.0 Å². The maximum atomic E-state index is 11.4. The van der Waals surface area contributed by atoms with Crippen LogP contribution < -0.4 is 15.2 Å². The van der Waals surface area contributed by atoms with E-state index in [0.717, 1.165) is 42.9 Å². The Labute approximate surface area is 142 Å². The number of nitrogens with two attached hydrogens (primary N) is 1. The van der Waals surface area contributed by atoms with E-state index >= 15 is 0 Å². The van der Waals surface area contributed by atoms with Gasteiger partial charge >= 0.3 is 0 Å².